The minimum atomic E-state index is 0.387. The number of nitrogens with one attached hydrogen (secondary N) is 1. The summed E-state index contributed by atoms with van der Waals surface area (Å²) in [6.07, 6.45) is 6.98. The van der Waals surface area contributed by atoms with Crippen LogP contribution in [0.2, 0.25) is 0 Å². The first-order chi connectivity index (χ1) is 8.83. The number of hydrogen-bond donors (Lipinski definition) is 1. The fraction of sp³-hybridized carbons (Fsp3) is 0.583. The summed E-state index contributed by atoms with van der Waals surface area (Å²) in [6.45, 7) is 2.11. The Morgan fingerprint density at radius 3 is 3.17 bits per heavy atom. The van der Waals surface area contributed by atoms with Crippen molar-refractivity contribution in [2.45, 2.75) is 25.2 Å². The molecule has 2 aromatic rings. The highest BCUT2D eigenvalue weighted by Crippen LogP contribution is 2.26. The van der Waals surface area contributed by atoms with E-state index in [9.17, 15) is 0 Å². The third kappa shape index (κ3) is 2.28. The van der Waals surface area contributed by atoms with Crippen LogP contribution >= 0.6 is 0 Å². The third-order valence-electron chi connectivity index (χ3n) is 3.33. The summed E-state index contributed by atoms with van der Waals surface area (Å²) in [5, 5.41) is 11.5. The Bertz CT molecular complexity index is 510. The lowest BCUT2D eigenvalue weighted by Gasteiger charge is -2.06. The summed E-state index contributed by atoms with van der Waals surface area (Å²) in [5.41, 5.74) is 0.902. The molecule has 2 aromatic heterocycles. The van der Waals surface area contributed by atoms with Gasteiger partial charge in [0.2, 0.25) is 11.7 Å². The van der Waals surface area contributed by atoms with E-state index in [-0.39, 0.29) is 0 Å². The minimum Gasteiger partial charge on any atom is -0.339 e. The van der Waals surface area contributed by atoms with Gasteiger partial charge in [-0.15, -0.1) is 0 Å². The van der Waals surface area contributed by atoms with Crippen molar-refractivity contribution < 1.29 is 4.52 Å². The molecule has 6 heteroatoms. The van der Waals surface area contributed by atoms with E-state index in [4.69, 9.17) is 4.52 Å². The van der Waals surface area contributed by atoms with Gasteiger partial charge >= 0.3 is 0 Å². The first-order valence-electron chi connectivity index (χ1n) is 6.36. The van der Waals surface area contributed by atoms with Crippen molar-refractivity contribution >= 4 is 0 Å². The Morgan fingerprint density at radius 1 is 1.39 bits per heavy atom. The van der Waals surface area contributed by atoms with Crippen molar-refractivity contribution in [3.63, 3.8) is 0 Å². The summed E-state index contributed by atoms with van der Waals surface area (Å²) >= 11 is 0. The molecule has 0 saturated carbocycles. The van der Waals surface area contributed by atoms with Crippen LogP contribution in [-0.4, -0.2) is 33.0 Å². The van der Waals surface area contributed by atoms with Gasteiger partial charge in [0.1, 0.15) is 0 Å². The van der Waals surface area contributed by atoms with Crippen molar-refractivity contribution in [1.82, 2.24) is 25.2 Å². The van der Waals surface area contributed by atoms with Crippen LogP contribution in [0.15, 0.2) is 16.9 Å². The van der Waals surface area contributed by atoms with Crippen LogP contribution in [-0.2, 0) is 7.05 Å². The Hall–Kier alpha value is -1.69. The number of aryl methyl sites for hydroxylation is 1. The highest BCUT2D eigenvalue weighted by atomic mass is 16.5. The zero-order valence-corrected chi connectivity index (χ0v) is 10.5. The first kappa shape index (κ1) is 11.4. The van der Waals surface area contributed by atoms with Gasteiger partial charge in [-0.25, -0.2) is 0 Å². The van der Waals surface area contributed by atoms with Gasteiger partial charge in [-0.05, 0) is 32.4 Å². The zero-order chi connectivity index (χ0) is 12.4. The van der Waals surface area contributed by atoms with Gasteiger partial charge in [0.15, 0.2) is 0 Å². The van der Waals surface area contributed by atoms with Crippen LogP contribution < -0.4 is 5.32 Å². The van der Waals surface area contributed by atoms with Crippen molar-refractivity contribution in [2.75, 3.05) is 13.1 Å². The summed E-state index contributed by atoms with van der Waals surface area (Å²) in [6, 6.07) is 0. The zero-order valence-electron chi connectivity index (χ0n) is 10.5. The molecular weight excluding hydrogens is 230 g/mol. The van der Waals surface area contributed by atoms with Gasteiger partial charge in [0.05, 0.1) is 11.8 Å². The summed E-state index contributed by atoms with van der Waals surface area (Å²) in [4.78, 5) is 4.50. The molecule has 1 saturated heterocycles. The van der Waals surface area contributed by atoms with Gasteiger partial charge in [-0.2, -0.15) is 10.1 Å². The van der Waals surface area contributed by atoms with Crippen LogP contribution in [0.5, 0.6) is 0 Å². The topological polar surface area (TPSA) is 68.8 Å². The Labute approximate surface area is 105 Å². The third-order valence-corrected chi connectivity index (χ3v) is 3.33. The van der Waals surface area contributed by atoms with Gasteiger partial charge in [0.25, 0.3) is 0 Å². The molecule has 6 nitrogen and oxygen atoms in total. The molecule has 0 radical (unpaired) electrons. The van der Waals surface area contributed by atoms with E-state index >= 15 is 0 Å². The van der Waals surface area contributed by atoms with Crippen LogP contribution in [0.4, 0.5) is 0 Å². The molecule has 1 aliphatic rings. The predicted molar refractivity (Wildman–Crippen MR) is 66.0 cm³/mol. The minimum absolute atomic E-state index is 0.387. The van der Waals surface area contributed by atoms with E-state index in [0.717, 1.165) is 43.8 Å². The maximum atomic E-state index is 5.40. The molecule has 0 aromatic carbocycles. The second-order valence-corrected chi connectivity index (χ2v) is 4.74. The molecule has 1 N–H and O–H groups in total. The van der Waals surface area contributed by atoms with Crippen LogP contribution in [0.1, 0.15) is 31.1 Å². The van der Waals surface area contributed by atoms with Gasteiger partial charge < -0.3 is 9.84 Å². The van der Waals surface area contributed by atoms with E-state index in [1.165, 1.54) is 0 Å². The van der Waals surface area contributed by atoms with E-state index < -0.39 is 0 Å². The monoisotopic (exact) mass is 247 g/mol. The summed E-state index contributed by atoms with van der Waals surface area (Å²) in [7, 11) is 1.88. The van der Waals surface area contributed by atoms with Crippen LogP contribution in [0.25, 0.3) is 11.4 Å². The van der Waals surface area contributed by atoms with Crippen LogP contribution in [0, 0.1) is 0 Å². The number of aromatic nitrogens is 4. The Kier molecular flexibility index (Phi) is 3.10. The molecule has 1 fully saturated rings. The second kappa shape index (κ2) is 4.89. The Morgan fingerprint density at radius 2 is 2.33 bits per heavy atom. The van der Waals surface area contributed by atoms with E-state index in [2.05, 4.69) is 20.6 Å². The molecule has 1 atom stereocenters. The highest BCUT2D eigenvalue weighted by molar-refractivity contribution is 5.51. The average Bonchev–Trinajstić information content (AvgIpc) is 2.92. The maximum absolute atomic E-state index is 5.40. The molecule has 3 rings (SSSR count). The molecule has 0 aliphatic carbocycles. The molecule has 1 unspecified atom stereocenters. The molecule has 3 heterocycles. The maximum Gasteiger partial charge on any atom is 0.230 e. The smallest absolute Gasteiger partial charge is 0.230 e. The summed E-state index contributed by atoms with van der Waals surface area (Å²) in [5.74, 6) is 1.78. The lowest BCUT2D eigenvalue weighted by molar-refractivity contribution is 0.343. The molecule has 18 heavy (non-hydrogen) atoms. The normalized spacial score (nSPS) is 20.8. The van der Waals surface area contributed by atoms with Crippen LogP contribution in [0.3, 0.4) is 0 Å². The van der Waals surface area contributed by atoms with Gasteiger partial charge in [0, 0.05) is 19.2 Å². The van der Waals surface area contributed by atoms with E-state index in [0.29, 0.717) is 11.7 Å². The number of nitrogens with zero attached hydrogens (tertiary/aromatic N) is 4. The predicted octanol–water partition coefficient (Wildman–Crippen LogP) is 1.33. The summed E-state index contributed by atoms with van der Waals surface area (Å²) < 4.78 is 7.13. The lowest BCUT2D eigenvalue weighted by atomic mass is 10.0. The molecule has 0 spiro atoms. The quantitative estimate of drug-likeness (QED) is 0.867. The number of hydrogen-bond acceptors (Lipinski definition) is 5. The SMILES string of the molecule is Cn1cc(-c2noc(C3CCCNCC3)n2)cn1. The molecule has 0 bridgehead atoms. The van der Waals surface area contributed by atoms with Crippen molar-refractivity contribution in [3.8, 4) is 11.4 Å². The molecule has 0 amide bonds. The van der Waals surface area contributed by atoms with Crippen molar-refractivity contribution in [3.05, 3.63) is 18.3 Å². The van der Waals surface area contributed by atoms with E-state index in [1.807, 2.05) is 13.2 Å². The van der Waals surface area contributed by atoms with Crippen molar-refractivity contribution in [2.24, 2.45) is 7.05 Å². The first-order valence-corrected chi connectivity index (χ1v) is 6.36. The fourth-order valence-electron chi connectivity index (χ4n) is 2.32. The standard InChI is InChI=1S/C12H17N5O/c1-17-8-10(7-14-17)11-15-12(18-16-11)9-3-2-5-13-6-4-9/h7-9,13H,2-6H2,1H3. The second-order valence-electron chi connectivity index (χ2n) is 4.74. The van der Waals surface area contributed by atoms with Gasteiger partial charge in [-0.3, -0.25) is 4.68 Å². The lowest BCUT2D eigenvalue weighted by Crippen LogP contribution is -2.13. The largest absolute Gasteiger partial charge is 0.339 e. The van der Waals surface area contributed by atoms with Crippen molar-refractivity contribution in [1.29, 1.82) is 0 Å². The number of rotatable bonds is 2. The van der Waals surface area contributed by atoms with Gasteiger partial charge in [-0.1, -0.05) is 5.16 Å². The Balaban J connectivity index is 1.80. The molecular formula is C12H17N5O. The highest BCUT2D eigenvalue weighted by Gasteiger charge is 2.21. The van der Waals surface area contributed by atoms with E-state index in [1.54, 1.807) is 10.9 Å². The molecule has 96 valence electrons. The average molecular weight is 247 g/mol. The molecule has 1 aliphatic heterocycles. The fourth-order valence-corrected chi connectivity index (χ4v) is 2.32.